The van der Waals surface area contributed by atoms with Crippen molar-refractivity contribution in [3.8, 4) is 0 Å². The molecule has 0 saturated heterocycles. The van der Waals surface area contributed by atoms with E-state index in [2.05, 4.69) is 10.1 Å². The van der Waals surface area contributed by atoms with Crippen LogP contribution in [0.2, 0.25) is 0 Å². The van der Waals surface area contributed by atoms with E-state index in [9.17, 15) is 18.0 Å². The first kappa shape index (κ1) is 15.0. The molecule has 0 saturated carbocycles. The van der Waals surface area contributed by atoms with Crippen molar-refractivity contribution in [2.75, 3.05) is 0 Å². The van der Waals surface area contributed by atoms with Crippen molar-refractivity contribution >= 4 is 41.3 Å². The fraction of sp³-hybridized carbons (Fsp3) is 0.182. The molecule has 0 aliphatic rings. The zero-order valence-corrected chi connectivity index (χ0v) is 13.5. The third kappa shape index (κ3) is 2.60. The highest BCUT2D eigenvalue weighted by molar-refractivity contribution is 8.15. The molecule has 3 rings (SSSR count). The van der Waals surface area contributed by atoms with Crippen molar-refractivity contribution in [2.45, 2.75) is 10.8 Å². The highest BCUT2D eigenvalue weighted by atomic mass is 35.7. The summed E-state index contributed by atoms with van der Waals surface area (Å²) >= 11 is 0.746. The van der Waals surface area contributed by atoms with E-state index in [0.717, 1.165) is 15.9 Å². The molecule has 0 aliphatic heterocycles. The Morgan fingerprint density at radius 2 is 2.14 bits per heavy atom. The predicted octanol–water partition coefficient (Wildman–Crippen LogP) is 0.461. The third-order valence-corrected chi connectivity index (χ3v) is 6.12. The zero-order chi connectivity index (χ0) is 16.1. The number of H-pyrrole nitrogens is 1. The van der Waals surface area contributed by atoms with E-state index in [4.69, 9.17) is 10.7 Å². The first-order chi connectivity index (χ1) is 10.3. The molecule has 11 heteroatoms. The predicted molar refractivity (Wildman–Crippen MR) is 82.1 cm³/mol. The van der Waals surface area contributed by atoms with Gasteiger partial charge in [-0.15, -0.1) is 11.3 Å². The van der Waals surface area contributed by atoms with Gasteiger partial charge in [0.2, 0.25) is 0 Å². The van der Waals surface area contributed by atoms with Gasteiger partial charge in [0.15, 0.2) is 0 Å². The molecule has 1 N–H and O–H groups in total. The summed E-state index contributed by atoms with van der Waals surface area (Å²) in [5.41, 5.74) is -0.526. The number of nitrogens with one attached hydrogen (secondary N) is 1. The second kappa shape index (κ2) is 5.07. The largest absolute Gasteiger partial charge is 0.329 e. The van der Waals surface area contributed by atoms with Gasteiger partial charge in [-0.05, 0) is 6.07 Å². The number of fused-ring (bicyclic) bond motifs is 1. The zero-order valence-electron chi connectivity index (χ0n) is 11.1. The number of rotatable bonds is 3. The maximum absolute atomic E-state index is 12.4. The molecule has 0 aliphatic carbocycles. The van der Waals surface area contributed by atoms with Gasteiger partial charge in [-0.1, -0.05) is 0 Å². The fourth-order valence-corrected chi connectivity index (χ4v) is 4.12. The van der Waals surface area contributed by atoms with Crippen LogP contribution in [0.3, 0.4) is 0 Å². The first-order valence-corrected chi connectivity index (χ1v) is 9.07. The van der Waals surface area contributed by atoms with E-state index in [1.54, 1.807) is 24.1 Å². The Morgan fingerprint density at radius 1 is 1.41 bits per heavy atom. The fourth-order valence-electron chi connectivity index (χ4n) is 2.02. The monoisotopic (exact) mass is 360 g/mol. The van der Waals surface area contributed by atoms with Crippen LogP contribution < -0.4 is 11.2 Å². The lowest BCUT2D eigenvalue weighted by molar-refractivity contribution is 0.611. The van der Waals surface area contributed by atoms with Gasteiger partial charge in [-0.2, -0.15) is 5.10 Å². The lowest BCUT2D eigenvalue weighted by Crippen LogP contribution is -2.34. The number of aromatic nitrogens is 4. The summed E-state index contributed by atoms with van der Waals surface area (Å²) in [6.45, 7) is 0.0384. The Kier molecular flexibility index (Phi) is 3.46. The Labute approximate surface area is 132 Å². The van der Waals surface area contributed by atoms with Crippen molar-refractivity contribution in [1.29, 1.82) is 0 Å². The topological polar surface area (TPSA) is 107 Å². The van der Waals surface area contributed by atoms with Crippen LogP contribution in [0.15, 0.2) is 32.3 Å². The number of hydrogen-bond donors (Lipinski definition) is 1. The standard InChI is InChI=1S/C11H9ClN4O4S2/c1-15-4-6(3-13-15)5-16-10(17)7-2-8(22(12,19)20)21-9(7)14-11(16)18/h2-4H,5H2,1H3,(H,14,18). The summed E-state index contributed by atoms with van der Waals surface area (Å²) in [6, 6.07) is 1.17. The molecule has 3 heterocycles. The lowest BCUT2D eigenvalue weighted by atomic mass is 10.3. The Bertz CT molecular complexity index is 1090. The van der Waals surface area contributed by atoms with Crippen LogP contribution in [-0.2, 0) is 22.6 Å². The second-order valence-electron chi connectivity index (χ2n) is 4.59. The Balaban J connectivity index is 2.20. The van der Waals surface area contributed by atoms with E-state index in [0.29, 0.717) is 5.56 Å². The van der Waals surface area contributed by atoms with Crippen LogP contribution in [0, 0.1) is 0 Å². The number of nitrogens with zero attached hydrogens (tertiary/aromatic N) is 3. The molecular weight excluding hydrogens is 352 g/mol. The molecule has 116 valence electrons. The molecule has 0 amide bonds. The molecule has 0 radical (unpaired) electrons. The maximum Gasteiger partial charge on any atom is 0.329 e. The molecule has 8 nitrogen and oxygen atoms in total. The van der Waals surface area contributed by atoms with E-state index in [1.165, 1.54) is 6.07 Å². The summed E-state index contributed by atoms with van der Waals surface area (Å²) in [5.74, 6) is 0. The van der Waals surface area contributed by atoms with Crippen molar-refractivity contribution in [3.63, 3.8) is 0 Å². The minimum absolute atomic E-state index is 0.0384. The van der Waals surface area contributed by atoms with Gasteiger partial charge in [-0.3, -0.25) is 19.0 Å². The minimum Gasteiger partial charge on any atom is -0.298 e. The first-order valence-electron chi connectivity index (χ1n) is 5.94. The van der Waals surface area contributed by atoms with E-state index >= 15 is 0 Å². The van der Waals surface area contributed by atoms with E-state index in [1.807, 2.05) is 0 Å². The average molecular weight is 361 g/mol. The molecule has 3 aromatic heterocycles. The van der Waals surface area contributed by atoms with Crippen LogP contribution in [0.1, 0.15) is 5.56 Å². The van der Waals surface area contributed by atoms with Gasteiger partial charge in [0, 0.05) is 29.5 Å². The molecule has 22 heavy (non-hydrogen) atoms. The summed E-state index contributed by atoms with van der Waals surface area (Å²) in [4.78, 5) is 27.1. The number of halogens is 1. The van der Waals surface area contributed by atoms with Gasteiger partial charge in [0.1, 0.15) is 9.04 Å². The Hall–Kier alpha value is -1.91. The highest BCUT2D eigenvalue weighted by Gasteiger charge is 2.18. The quantitative estimate of drug-likeness (QED) is 0.683. The molecule has 0 fully saturated rings. The molecule has 0 spiro atoms. The van der Waals surface area contributed by atoms with Crippen molar-refractivity contribution in [3.05, 3.63) is 44.9 Å². The number of aromatic amines is 1. The van der Waals surface area contributed by atoms with Gasteiger partial charge < -0.3 is 0 Å². The van der Waals surface area contributed by atoms with Crippen LogP contribution in [-0.4, -0.2) is 27.7 Å². The van der Waals surface area contributed by atoms with Gasteiger partial charge in [-0.25, -0.2) is 13.2 Å². The van der Waals surface area contributed by atoms with Crippen molar-refractivity contribution in [2.24, 2.45) is 7.05 Å². The van der Waals surface area contributed by atoms with E-state index in [-0.39, 0.29) is 21.0 Å². The maximum atomic E-state index is 12.4. The summed E-state index contributed by atoms with van der Waals surface area (Å²) in [6.07, 6.45) is 3.22. The smallest absolute Gasteiger partial charge is 0.298 e. The van der Waals surface area contributed by atoms with Crippen LogP contribution in [0.25, 0.3) is 10.2 Å². The third-order valence-electron chi connectivity index (χ3n) is 2.99. The molecular formula is C11H9ClN4O4S2. The molecule has 3 aromatic rings. The molecule has 0 atom stereocenters. The van der Waals surface area contributed by atoms with Crippen molar-refractivity contribution < 1.29 is 8.42 Å². The SMILES string of the molecule is Cn1cc(Cn2c(=O)[nH]c3sc(S(=O)(=O)Cl)cc3c2=O)cn1. The van der Waals surface area contributed by atoms with Gasteiger partial charge >= 0.3 is 5.69 Å². The van der Waals surface area contributed by atoms with Gasteiger partial charge in [0.25, 0.3) is 14.6 Å². The van der Waals surface area contributed by atoms with E-state index < -0.39 is 20.3 Å². The van der Waals surface area contributed by atoms with Crippen LogP contribution in [0.4, 0.5) is 0 Å². The summed E-state index contributed by atoms with van der Waals surface area (Å²) in [7, 11) is 3.03. The molecule has 0 unspecified atom stereocenters. The number of aryl methyl sites for hydroxylation is 1. The second-order valence-corrected chi connectivity index (χ2v) is 8.43. The number of hydrogen-bond acceptors (Lipinski definition) is 6. The lowest BCUT2D eigenvalue weighted by Gasteiger charge is -2.02. The normalized spacial score (nSPS) is 12.1. The Morgan fingerprint density at radius 3 is 2.73 bits per heavy atom. The highest BCUT2D eigenvalue weighted by Crippen LogP contribution is 2.27. The van der Waals surface area contributed by atoms with Gasteiger partial charge in [0.05, 0.1) is 18.1 Å². The average Bonchev–Trinajstić information content (AvgIpc) is 3.00. The summed E-state index contributed by atoms with van der Waals surface area (Å²) < 4.78 is 25.0. The minimum atomic E-state index is -3.96. The number of thiophene rings is 1. The van der Waals surface area contributed by atoms with Crippen LogP contribution in [0.5, 0.6) is 0 Å². The molecule has 0 aromatic carbocycles. The van der Waals surface area contributed by atoms with Crippen molar-refractivity contribution in [1.82, 2.24) is 19.3 Å². The molecule has 0 bridgehead atoms. The summed E-state index contributed by atoms with van der Waals surface area (Å²) in [5, 5.41) is 4.07. The van der Waals surface area contributed by atoms with Crippen LogP contribution >= 0.6 is 22.0 Å².